The lowest BCUT2D eigenvalue weighted by Crippen LogP contribution is -2.05. The molecule has 7 nitrogen and oxygen atoms in total. The van der Waals surface area contributed by atoms with Crippen LogP contribution in [0.3, 0.4) is 0 Å². The Balaban J connectivity index is 0.000000359. The Labute approximate surface area is 154 Å². The molecule has 5 N–H and O–H groups in total. The van der Waals surface area contributed by atoms with Gasteiger partial charge in [0.15, 0.2) is 0 Å². The van der Waals surface area contributed by atoms with Gasteiger partial charge in [-0.1, -0.05) is 30.0 Å². The highest BCUT2D eigenvalue weighted by Gasteiger charge is 2.07. The maximum atomic E-state index is 9.77. The van der Waals surface area contributed by atoms with Crippen LogP contribution in [0.5, 0.6) is 11.5 Å². The molecule has 138 valence electrons. The molecule has 0 spiro atoms. The number of carboxylic acid groups (broad SMARTS) is 2. The highest BCUT2D eigenvalue weighted by atomic mass is 32.2. The lowest BCUT2D eigenvalue weighted by Gasteiger charge is -2.09. The van der Waals surface area contributed by atoms with Crippen LogP contribution >= 0.6 is 11.8 Å². The second kappa shape index (κ2) is 10.8. The van der Waals surface area contributed by atoms with Crippen molar-refractivity contribution in [2.45, 2.75) is 16.3 Å². The highest BCUT2D eigenvalue weighted by Crippen LogP contribution is 2.37. The van der Waals surface area contributed by atoms with Gasteiger partial charge in [0.05, 0.1) is 4.90 Å². The summed E-state index contributed by atoms with van der Waals surface area (Å²) in [5.41, 5.74) is 1.16. The van der Waals surface area contributed by atoms with Gasteiger partial charge < -0.3 is 25.7 Å². The molecule has 0 saturated heterocycles. The van der Waals surface area contributed by atoms with E-state index in [1.54, 1.807) is 6.07 Å². The molecular weight excluding hydrogens is 358 g/mol. The fourth-order valence-corrected chi connectivity index (χ4v) is 2.79. The summed E-state index contributed by atoms with van der Waals surface area (Å²) in [6.07, 6.45) is 1.12. The molecule has 0 aliphatic rings. The molecule has 0 atom stereocenters. The molecule has 0 bridgehead atoms. The number of aliphatic carboxylic acids is 2. The molecule has 0 radical (unpaired) electrons. The van der Waals surface area contributed by atoms with E-state index in [4.69, 9.17) is 10.2 Å². The SMILES string of the molecule is CNCc1ccccc1Sc1cc(O)ccc1O.O=C(O)C=CC(=O)O. The van der Waals surface area contributed by atoms with Gasteiger partial charge in [-0.15, -0.1) is 0 Å². The van der Waals surface area contributed by atoms with Crippen molar-refractivity contribution in [3.8, 4) is 11.5 Å². The molecule has 0 heterocycles. The Morgan fingerprint density at radius 2 is 1.62 bits per heavy atom. The summed E-state index contributed by atoms with van der Waals surface area (Å²) in [5, 5.41) is 38.0. The Kier molecular flexibility index (Phi) is 8.76. The van der Waals surface area contributed by atoms with E-state index < -0.39 is 11.9 Å². The van der Waals surface area contributed by atoms with Crippen molar-refractivity contribution in [1.82, 2.24) is 5.32 Å². The summed E-state index contributed by atoms with van der Waals surface area (Å²) < 4.78 is 0. The Morgan fingerprint density at radius 3 is 2.19 bits per heavy atom. The number of nitrogens with one attached hydrogen (secondary N) is 1. The van der Waals surface area contributed by atoms with Gasteiger partial charge in [-0.05, 0) is 36.9 Å². The molecule has 0 unspecified atom stereocenters. The van der Waals surface area contributed by atoms with Crippen molar-refractivity contribution in [2.24, 2.45) is 0 Å². The number of benzene rings is 2. The molecule has 0 aliphatic carbocycles. The van der Waals surface area contributed by atoms with Crippen molar-refractivity contribution < 1.29 is 30.0 Å². The molecular formula is C18H19NO6S. The maximum absolute atomic E-state index is 9.77. The van der Waals surface area contributed by atoms with Gasteiger partial charge in [-0.25, -0.2) is 9.59 Å². The van der Waals surface area contributed by atoms with E-state index >= 15 is 0 Å². The van der Waals surface area contributed by atoms with Crippen LogP contribution in [0.4, 0.5) is 0 Å². The average Bonchev–Trinajstić information content (AvgIpc) is 2.59. The van der Waals surface area contributed by atoms with Crippen LogP contribution in [0.25, 0.3) is 0 Å². The van der Waals surface area contributed by atoms with E-state index in [1.807, 2.05) is 31.3 Å². The third-order valence-corrected chi connectivity index (χ3v) is 4.04. The smallest absolute Gasteiger partial charge is 0.328 e. The van der Waals surface area contributed by atoms with Crippen LogP contribution in [-0.4, -0.2) is 39.4 Å². The van der Waals surface area contributed by atoms with Crippen LogP contribution < -0.4 is 5.32 Å². The summed E-state index contributed by atoms with van der Waals surface area (Å²) >= 11 is 1.44. The summed E-state index contributed by atoms with van der Waals surface area (Å²) in [5.74, 6) is -2.18. The second-order valence-electron chi connectivity index (χ2n) is 4.90. The normalized spacial score (nSPS) is 10.2. The van der Waals surface area contributed by atoms with Crippen LogP contribution in [0.2, 0.25) is 0 Å². The first kappa shape index (κ1) is 21.1. The fraction of sp³-hybridized carbons (Fsp3) is 0.111. The quantitative estimate of drug-likeness (QED) is 0.384. The van der Waals surface area contributed by atoms with E-state index in [0.717, 1.165) is 17.0 Å². The van der Waals surface area contributed by atoms with Crippen LogP contribution in [0.1, 0.15) is 5.56 Å². The molecule has 2 rings (SSSR count). The maximum Gasteiger partial charge on any atom is 0.328 e. The summed E-state index contributed by atoms with van der Waals surface area (Å²) in [6, 6.07) is 12.5. The first-order chi connectivity index (χ1) is 12.3. The summed E-state index contributed by atoms with van der Waals surface area (Å²) in [7, 11) is 1.90. The molecule has 26 heavy (non-hydrogen) atoms. The number of hydrogen-bond acceptors (Lipinski definition) is 6. The van der Waals surface area contributed by atoms with E-state index in [1.165, 1.54) is 23.9 Å². The lowest BCUT2D eigenvalue weighted by atomic mass is 10.2. The van der Waals surface area contributed by atoms with Gasteiger partial charge in [0.2, 0.25) is 0 Å². The minimum Gasteiger partial charge on any atom is -0.508 e. The number of aromatic hydroxyl groups is 2. The molecule has 0 saturated carbocycles. The first-order valence-electron chi connectivity index (χ1n) is 7.39. The van der Waals surface area contributed by atoms with E-state index in [0.29, 0.717) is 17.0 Å². The van der Waals surface area contributed by atoms with E-state index in [-0.39, 0.29) is 11.5 Å². The molecule has 0 aromatic heterocycles. The van der Waals surface area contributed by atoms with E-state index in [9.17, 15) is 19.8 Å². The number of phenolic OH excluding ortho intramolecular Hbond substituents is 2. The summed E-state index contributed by atoms with van der Waals surface area (Å²) in [6.45, 7) is 0.767. The van der Waals surface area contributed by atoms with Gasteiger partial charge >= 0.3 is 11.9 Å². The van der Waals surface area contributed by atoms with Crippen molar-refractivity contribution >= 4 is 23.7 Å². The monoisotopic (exact) mass is 377 g/mol. The number of phenols is 2. The minimum atomic E-state index is -1.26. The Morgan fingerprint density at radius 1 is 1.00 bits per heavy atom. The Bertz CT molecular complexity index is 775. The van der Waals surface area contributed by atoms with Gasteiger partial charge in [-0.3, -0.25) is 0 Å². The van der Waals surface area contributed by atoms with Crippen molar-refractivity contribution in [3.05, 3.63) is 60.2 Å². The zero-order chi connectivity index (χ0) is 19.5. The van der Waals surface area contributed by atoms with Gasteiger partial charge in [0, 0.05) is 23.6 Å². The van der Waals surface area contributed by atoms with Gasteiger partial charge in [0.1, 0.15) is 11.5 Å². The number of hydrogen-bond donors (Lipinski definition) is 5. The number of carboxylic acids is 2. The third-order valence-electron chi connectivity index (χ3n) is 2.87. The predicted molar refractivity (Wildman–Crippen MR) is 97.5 cm³/mol. The second-order valence-corrected chi connectivity index (χ2v) is 5.99. The molecule has 2 aromatic rings. The Hall–Kier alpha value is -2.97. The fourth-order valence-electron chi connectivity index (χ4n) is 1.79. The lowest BCUT2D eigenvalue weighted by molar-refractivity contribution is -0.134. The molecule has 8 heteroatoms. The number of carbonyl (C=O) groups is 2. The van der Waals surface area contributed by atoms with Crippen LogP contribution in [0.15, 0.2) is 64.4 Å². The van der Waals surface area contributed by atoms with Crippen molar-refractivity contribution in [1.29, 1.82) is 0 Å². The largest absolute Gasteiger partial charge is 0.508 e. The highest BCUT2D eigenvalue weighted by molar-refractivity contribution is 7.99. The molecule has 2 aromatic carbocycles. The van der Waals surface area contributed by atoms with Gasteiger partial charge in [-0.2, -0.15) is 0 Å². The number of rotatable bonds is 6. The molecule has 0 fully saturated rings. The van der Waals surface area contributed by atoms with Crippen LogP contribution in [0, 0.1) is 0 Å². The standard InChI is InChI=1S/C14H15NO2S.C4H4O4/c1-15-9-10-4-2-3-5-13(10)18-14-8-11(16)6-7-12(14)17;5-3(6)1-2-4(7)8/h2-8,15-17H,9H2,1H3;1-2H,(H,5,6)(H,7,8). The predicted octanol–water partition coefficient (Wildman–Crippen LogP) is 2.68. The molecule has 0 aliphatic heterocycles. The van der Waals surface area contributed by atoms with E-state index in [2.05, 4.69) is 5.32 Å². The summed E-state index contributed by atoms with van der Waals surface area (Å²) in [4.78, 5) is 20.8. The van der Waals surface area contributed by atoms with Crippen LogP contribution in [-0.2, 0) is 16.1 Å². The van der Waals surface area contributed by atoms with Crippen molar-refractivity contribution in [3.63, 3.8) is 0 Å². The van der Waals surface area contributed by atoms with Gasteiger partial charge in [0.25, 0.3) is 0 Å². The first-order valence-corrected chi connectivity index (χ1v) is 8.21. The zero-order valence-electron chi connectivity index (χ0n) is 13.9. The third kappa shape index (κ3) is 7.73. The zero-order valence-corrected chi connectivity index (χ0v) is 14.7. The topological polar surface area (TPSA) is 127 Å². The average molecular weight is 377 g/mol. The molecule has 0 amide bonds. The van der Waals surface area contributed by atoms with Crippen molar-refractivity contribution in [2.75, 3.05) is 7.05 Å². The minimum absolute atomic E-state index is 0.154.